The average molecular weight is 2670 g/mol. The SMILES string of the molecule is C.COc1cc([N+](=O)[O-])ccc1Br.Cc1[c-]c([N+](=O)[O-])[c-]c(C)c1Br.Cc1cc([N+](=O)[O-])c(Cl)cc1Br.Cc1cc([N+](=O)[O-])ccc1Br.Cc1cc([N+](=O)[O-])ccc1Br.O=[N+]([O-])c1c(F)cc(Br)cc1F.O=[N+]([O-])c1cc(F)c(Br)cc1F.O=[N+]([O-])c1ccc(Br)c(Cl)c1.O=[N+]([O-])c1ccc(Br)cc1C(F)(F)F.[Y].[Y].[Y].[Y].[Y].[Y]. The molecule has 114 heavy (non-hydrogen) atoms. The summed E-state index contributed by atoms with van der Waals surface area (Å²) in [6, 6.07) is 31.7. The smallest absolute Gasteiger partial charge is 0.423 e. The van der Waals surface area contributed by atoms with Crippen LogP contribution in [0.15, 0.2) is 168 Å². The van der Waals surface area contributed by atoms with Gasteiger partial charge >= 0.3 is 17.6 Å². The number of hydrogen-bond acceptors (Lipinski definition) is 19. The number of halogens is 18. The van der Waals surface area contributed by atoms with Crippen molar-refractivity contribution in [3.63, 3.8) is 0 Å². The summed E-state index contributed by atoms with van der Waals surface area (Å²) in [5, 5.41) is 92.7. The second-order valence-corrected chi connectivity index (χ2v) is 28.0. The first kappa shape index (κ1) is 126. The second-order valence-electron chi connectivity index (χ2n) is 19.4. The van der Waals surface area contributed by atoms with E-state index in [2.05, 4.69) is 156 Å². The molecule has 0 atom stereocenters. The molecule has 0 spiro atoms. The second kappa shape index (κ2) is 61.7. The molecule has 0 aromatic heterocycles. The number of non-ortho nitro benzene ring substituents is 5. The van der Waals surface area contributed by atoms with Crippen molar-refractivity contribution in [1.82, 2.24) is 0 Å². The normalized spacial score (nSPS) is 9.37. The summed E-state index contributed by atoms with van der Waals surface area (Å²) in [5.74, 6) is -3.83. The summed E-state index contributed by atoms with van der Waals surface area (Å²) < 4.78 is 97.1. The van der Waals surface area contributed by atoms with E-state index in [4.69, 9.17) is 27.9 Å². The van der Waals surface area contributed by atoms with Crippen LogP contribution in [-0.2, 0) is 202 Å². The van der Waals surface area contributed by atoms with E-state index in [1.807, 2.05) is 13.8 Å². The number of alkyl halides is 3. The third-order valence-corrected chi connectivity index (χ3v) is 19.4. The number of aryl methyl sites for hydroxylation is 5. The molecular formula is C62H43Br9Cl2F7N9O19Y6-2. The van der Waals surface area contributed by atoms with Crippen LogP contribution in [0.1, 0.15) is 40.8 Å². The Morgan fingerprint density at radius 3 is 1.09 bits per heavy atom. The van der Waals surface area contributed by atoms with Gasteiger partial charge in [0.15, 0.2) is 0 Å². The molecular weight excluding hydrogens is 2630 g/mol. The maximum atomic E-state index is 12.7. The van der Waals surface area contributed by atoms with Gasteiger partial charge in [0.25, 0.3) is 34.1 Å². The molecule has 0 aliphatic rings. The maximum absolute atomic E-state index is 12.7. The Morgan fingerprint density at radius 1 is 0.360 bits per heavy atom. The van der Waals surface area contributed by atoms with Crippen LogP contribution in [0.25, 0.3) is 0 Å². The molecule has 28 nitrogen and oxygen atoms in total. The van der Waals surface area contributed by atoms with Gasteiger partial charge in [-0.2, -0.15) is 26.3 Å². The van der Waals surface area contributed by atoms with Crippen LogP contribution in [0.4, 0.5) is 81.9 Å². The fourth-order valence-electron chi connectivity index (χ4n) is 6.75. The van der Waals surface area contributed by atoms with Crippen LogP contribution in [0, 0.1) is 161 Å². The maximum Gasteiger partial charge on any atom is 0.423 e. The van der Waals surface area contributed by atoms with E-state index in [1.54, 1.807) is 45.0 Å². The van der Waals surface area contributed by atoms with E-state index in [1.165, 1.54) is 73.8 Å². The van der Waals surface area contributed by atoms with Crippen molar-refractivity contribution in [3.8, 4) is 5.75 Å². The van der Waals surface area contributed by atoms with Gasteiger partial charge in [-0.1, -0.05) is 124 Å². The molecule has 0 fully saturated rings. The van der Waals surface area contributed by atoms with Crippen LogP contribution >= 0.6 is 167 Å². The molecule has 596 valence electrons. The van der Waals surface area contributed by atoms with Crippen molar-refractivity contribution in [3.05, 3.63) is 338 Å². The number of rotatable bonds is 10. The van der Waals surface area contributed by atoms with E-state index in [0.29, 0.717) is 37.9 Å². The molecule has 9 aromatic carbocycles. The zero-order valence-electron chi connectivity index (χ0n) is 57.2. The summed E-state index contributed by atoms with van der Waals surface area (Å²) >= 11 is 38.9. The van der Waals surface area contributed by atoms with Crippen molar-refractivity contribution < 1.29 is 276 Å². The Bertz CT molecular complexity index is 4620. The number of nitrogens with zero attached hydrogens (tertiary/aromatic N) is 9. The van der Waals surface area contributed by atoms with E-state index in [9.17, 15) is 122 Å². The van der Waals surface area contributed by atoms with Crippen molar-refractivity contribution in [2.45, 2.75) is 48.2 Å². The minimum atomic E-state index is -4.72. The van der Waals surface area contributed by atoms with Crippen molar-refractivity contribution in [1.29, 1.82) is 0 Å². The van der Waals surface area contributed by atoms with Gasteiger partial charge in [0.05, 0.1) is 72.6 Å². The Labute approximate surface area is 878 Å². The zero-order valence-corrected chi connectivity index (χ0v) is 90.0. The monoisotopic (exact) mass is 2660 g/mol. The van der Waals surface area contributed by atoms with Gasteiger partial charge in [0, 0.05) is 288 Å². The van der Waals surface area contributed by atoms with Gasteiger partial charge in [0.2, 0.25) is 17.5 Å². The molecule has 0 aliphatic carbocycles. The molecule has 0 aliphatic heterocycles. The minimum Gasteiger partial charge on any atom is -0.495 e. The summed E-state index contributed by atoms with van der Waals surface area (Å²) in [6.45, 7) is 8.93. The summed E-state index contributed by atoms with van der Waals surface area (Å²) in [6.07, 6.45) is -4.72. The van der Waals surface area contributed by atoms with Crippen molar-refractivity contribution >= 4 is 218 Å². The van der Waals surface area contributed by atoms with E-state index < -0.39 is 96.4 Å². The van der Waals surface area contributed by atoms with E-state index in [0.717, 1.165) is 63.9 Å². The summed E-state index contributed by atoms with van der Waals surface area (Å²) in [4.78, 5) is 86.3. The fraction of sp³-hybridized carbons (Fsp3) is 0.129. The summed E-state index contributed by atoms with van der Waals surface area (Å²) in [7, 11) is 1.46. The van der Waals surface area contributed by atoms with Crippen LogP contribution < -0.4 is 4.74 Å². The number of nitro benzene ring substituents is 9. The van der Waals surface area contributed by atoms with E-state index >= 15 is 0 Å². The molecule has 0 saturated carbocycles. The predicted octanol–water partition coefficient (Wildman–Crippen LogP) is 25.9. The van der Waals surface area contributed by atoms with Crippen LogP contribution in [0.2, 0.25) is 10.0 Å². The number of ether oxygens (including phenoxy) is 1. The molecule has 9 aromatic rings. The number of nitro groups is 9. The van der Waals surface area contributed by atoms with Gasteiger partial charge in [0.1, 0.15) is 22.2 Å². The van der Waals surface area contributed by atoms with Gasteiger partial charge in [-0.3, -0.25) is 114 Å². The topological polar surface area (TPSA) is 397 Å². The van der Waals surface area contributed by atoms with Crippen molar-refractivity contribution in [2.75, 3.05) is 7.11 Å². The van der Waals surface area contributed by atoms with Crippen LogP contribution in [0.5, 0.6) is 5.75 Å². The first-order valence-electron chi connectivity index (χ1n) is 27.2. The van der Waals surface area contributed by atoms with Crippen LogP contribution in [-0.4, -0.2) is 51.4 Å². The Morgan fingerprint density at radius 2 is 0.737 bits per heavy atom. The third kappa shape index (κ3) is 45.0. The molecule has 6 radical (unpaired) electrons. The molecule has 9 rings (SSSR count). The van der Waals surface area contributed by atoms with Crippen molar-refractivity contribution in [2.24, 2.45) is 0 Å². The first-order chi connectivity index (χ1) is 49.4. The third-order valence-electron chi connectivity index (χ3n) is 11.9. The predicted molar refractivity (Wildman–Crippen MR) is 417 cm³/mol. The molecule has 52 heteroatoms. The quantitative estimate of drug-likeness (QED) is 0.0403. The summed E-state index contributed by atoms with van der Waals surface area (Å²) in [5.41, 5.74) is -0.0536. The van der Waals surface area contributed by atoms with E-state index in [-0.39, 0.29) is 256 Å². The molecule has 0 saturated heterocycles. The van der Waals surface area contributed by atoms with Gasteiger partial charge in [-0.25, -0.2) is 24.8 Å². The molecule has 0 heterocycles. The molecule has 0 unspecified atom stereocenters. The average Bonchev–Trinajstić information content (AvgIpc) is 0.820. The van der Waals surface area contributed by atoms with Gasteiger partial charge in [-0.15, -0.1) is 0 Å². The Hall–Kier alpha value is -1.59. The van der Waals surface area contributed by atoms with Gasteiger partial charge < -0.3 is 4.74 Å². The Kier molecular flexibility index (Phi) is 67.9. The number of hydrogen-bond donors (Lipinski definition) is 0. The standard InChI is InChI=1S/C8H6BrNO2.C7H5BrClNO2.C7H3BrF3NO2.C7H6BrNO3.2C7H6BrNO2.C6H3BrClNO2.2C6H2BrF2NO2.CH4.6Y/c1-5-3-7(10(11)12)4-6(2)8(5)9;1-4-2-7(10(11)12)6(9)3-5(4)8;8-4-1-2-6(12(13)14)5(3-4)7(9,10)11;1-12-7-4-5(9(10)11)2-3-6(7)8;2*1-5-4-6(9(10)11)2-3-7(5)8;7-5-2-1-4(9(10)11)3-6(5)8;7-3-1-5(9)6(10(11)12)2-4(3)8;7-3-1-4(8)6(10(11)12)5(9)2-3;;;;;;;/h1-2H3;2-3H,1H3;1-3H;2-4H,1H3;2*2-4H,1H3;1-3H;2*1-2H;1H4;;;;;;/q-2;;;;;;;;;;;;;;;. The zero-order chi connectivity index (χ0) is 82.6. The molecule has 0 N–H and O–H groups in total. The largest absolute Gasteiger partial charge is 0.495 e. The Balaban J connectivity index is -0.000000224. The van der Waals surface area contributed by atoms with Crippen LogP contribution in [0.3, 0.4) is 0 Å². The van der Waals surface area contributed by atoms with Gasteiger partial charge in [-0.05, 0) is 146 Å². The first-order valence-corrected chi connectivity index (χ1v) is 35.1. The number of benzene rings is 9. The number of methoxy groups -OCH3 is 1. The fourth-order valence-corrected chi connectivity index (χ4v) is 10.1. The molecule has 0 bridgehead atoms. The molecule has 0 amide bonds. The minimum absolute atomic E-state index is 0.